The number of benzene rings is 2. The molecule has 0 aromatic heterocycles. The molecule has 4 nitrogen and oxygen atoms in total. The number of hydrazine groups is 1. The first-order valence-electron chi connectivity index (χ1n) is 8.12. The lowest BCUT2D eigenvalue weighted by atomic mass is 10.1. The molecule has 2 aliphatic rings. The predicted molar refractivity (Wildman–Crippen MR) is 101 cm³/mol. The largest absolute Gasteiger partial charge is 0.321 e. The maximum absolute atomic E-state index is 12.5. The highest BCUT2D eigenvalue weighted by Gasteiger charge is 2.26. The third-order valence-electron chi connectivity index (χ3n) is 4.27. The maximum Gasteiger partial charge on any atom is 0.257 e. The Balaban J connectivity index is 1.75. The van der Waals surface area contributed by atoms with E-state index in [0.717, 1.165) is 41.5 Å². The summed E-state index contributed by atoms with van der Waals surface area (Å²) in [5.74, 6) is 2.17. The molecule has 2 aromatic carbocycles. The molecule has 0 atom stereocenters. The van der Waals surface area contributed by atoms with E-state index >= 15 is 0 Å². The van der Waals surface area contributed by atoms with E-state index in [2.05, 4.69) is 27.5 Å². The van der Waals surface area contributed by atoms with Crippen molar-refractivity contribution in [1.29, 1.82) is 0 Å². The highest BCUT2D eigenvalue weighted by molar-refractivity contribution is 7.99. The minimum atomic E-state index is -0.0384. The Labute approximate surface area is 146 Å². The van der Waals surface area contributed by atoms with E-state index < -0.39 is 0 Å². The van der Waals surface area contributed by atoms with Crippen molar-refractivity contribution in [3.63, 3.8) is 0 Å². The van der Waals surface area contributed by atoms with E-state index in [9.17, 15) is 4.79 Å². The SMILES string of the molecule is O=C1Nc2ccccc2C1=CN(c1ccccc1)N1CCSCC1. The van der Waals surface area contributed by atoms with Crippen LogP contribution in [0, 0.1) is 0 Å². The zero-order valence-electron chi connectivity index (χ0n) is 13.3. The molecule has 24 heavy (non-hydrogen) atoms. The van der Waals surface area contributed by atoms with Crippen LogP contribution in [-0.2, 0) is 4.79 Å². The highest BCUT2D eigenvalue weighted by Crippen LogP contribution is 2.33. The summed E-state index contributed by atoms with van der Waals surface area (Å²) in [6.45, 7) is 1.96. The van der Waals surface area contributed by atoms with Gasteiger partial charge in [-0.2, -0.15) is 11.8 Å². The molecular formula is C19H19N3OS. The van der Waals surface area contributed by atoms with Crippen LogP contribution in [0.1, 0.15) is 5.56 Å². The Morgan fingerprint density at radius 1 is 1.00 bits per heavy atom. The maximum atomic E-state index is 12.5. The van der Waals surface area contributed by atoms with E-state index in [-0.39, 0.29) is 5.91 Å². The zero-order valence-corrected chi connectivity index (χ0v) is 14.1. The lowest BCUT2D eigenvalue weighted by Gasteiger charge is -2.36. The molecule has 0 saturated carbocycles. The van der Waals surface area contributed by atoms with E-state index in [1.54, 1.807) is 0 Å². The van der Waals surface area contributed by atoms with Crippen molar-refractivity contribution in [2.75, 3.05) is 34.9 Å². The molecule has 1 N–H and O–H groups in total. The van der Waals surface area contributed by atoms with Crippen molar-refractivity contribution >= 4 is 34.6 Å². The Kier molecular flexibility index (Phi) is 4.28. The van der Waals surface area contributed by atoms with Crippen LogP contribution in [0.4, 0.5) is 11.4 Å². The van der Waals surface area contributed by atoms with Gasteiger partial charge in [-0.25, -0.2) is 5.01 Å². The highest BCUT2D eigenvalue weighted by atomic mass is 32.2. The van der Waals surface area contributed by atoms with Gasteiger partial charge in [0.25, 0.3) is 5.91 Å². The summed E-state index contributed by atoms with van der Waals surface area (Å²) in [6, 6.07) is 18.1. The molecule has 2 aromatic rings. The number of nitrogens with zero attached hydrogens (tertiary/aromatic N) is 2. The van der Waals surface area contributed by atoms with Crippen LogP contribution >= 0.6 is 11.8 Å². The molecule has 0 unspecified atom stereocenters. The van der Waals surface area contributed by atoms with Crippen molar-refractivity contribution in [2.24, 2.45) is 0 Å². The molecule has 0 radical (unpaired) electrons. The second-order valence-corrected chi connectivity index (χ2v) is 7.01. The predicted octanol–water partition coefficient (Wildman–Crippen LogP) is 3.45. The van der Waals surface area contributed by atoms with E-state index in [1.807, 2.05) is 60.4 Å². The average Bonchev–Trinajstić information content (AvgIpc) is 2.96. The third kappa shape index (κ3) is 2.92. The van der Waals surface area contributed by atoms with Crippen LogP contribution in [0.15, 0.2) is 60.8 Å². The fourth-order valence-electron chi connectivity index (χ4n) is 3.06. The molecule has 1 fully saturated rings. The molecule has 1 amide bonds. The summed E-state index contributed by atoms with van der Waals surface area (Å²) in [4.78, 5) is 12.5. The van der Waals surface area contributed by atoms with Crippen LogP contribution in [0.25, 0.3) is 5.57 Å². The Morgan fingerprint density at radius 3 is 2.50 bits per heavy atom. The van der Waals surface area contributed by atoms with Gasteiger partial charge in [-0.3, -0.25) is 9.80 Å². The third-order valence-corrected chi connectivity index (χ3v) is 5.22. The van der Waals surface area contributed by atoms with Crippen LogP contribution in [0.5, 0.6) is 0 Å². The summed E-state index contributed by atoms with van der Waals surface area (Å²) in [6.07, 6.45) is 1.98. The number of carbonyl (C=O) groups excluding carboxylic acids is 1. The number of hydrogen-bond acceptors (Lipinski definition) is 4. The van der Waals surface area contributed by atoms with E-state index in [1.165, 1.54) is 0 Å². The summed E-state index contributed by atoms with van der Waals surface area (Å²) >= 11 is 1.97. The number of thioether (sulfide) groups is 1. The van der Waals surface area contributed by atoms with Gasteiger partial charge in [0.05, 0.1) is 11.3 Å². The molecule has 122 valence electrons. The van der Waals surface area contributed by atoms with Gasteiger partial charge in [0.2, 0.25) is 0 Å². The van der Waals surface area contributed by atoms with E-state index in [0.29, 0.717) is 5.57 Å². The van der Waals surface area contributed by atoms with Gasteiger partial charge in [-0.05, 0) is 18.2 Å². The van der Waals surface area contributed by atoms with Crippen LogP contribution in [0.2, 0.25) is 0 Å². The minimum Gasteiger partial charge on any atom is -0.321 e. The number of amides is 1. The molecular weight excluding hydrogens is 318 g/mol. The number of nitrogens with one attached hydrogen (secondary N) is 1. The number of carbonyl (C=O) groups is 1. The quantitative estimate of drug-likeness (QED) is 0.870. The standard InChI is InChI=1S/C19H19N3OS/c23-19-17(16-8-4-5-9-18(16)20-19)14-22(15-6-2-1-3-7-15)21-10-12-24-13-11-21/h1-9,14H,10-13H2,(H,20,23). The molecule has 0 spiro atoms. The number of para-hydroxylation sites is 2. The average molecular weight is 337 g/mol. The zero-order chi connectivity index (χ0) is 16.4. The first kappa shape index (κ1) is 15.3. The number of hydrogen-bond donors (Lipinski definition) is 1. The summed E-state index contributed by atoms with van der Waals surface area (Å²) < 4.78 is 0. The Bertz CT molecular complexity index is 769. The fraction of sp³-hybridized carbons (Fsp3) is 0.211. The van der Waals surface area contributed by atoms with Crippen LogP contribution in [-0.4, -0.2) is 35.5 Å². The Morgan fingerprint density at radius 2 is 1.71 bits per heavy atom. The van der Waals surface area contributed by atoms with Gasteiger partial charge in [0, 0.05) is 42.0 Å². The monoisotopic (exact) mass is 337 g/mol. The van der Waals surface area contributed by atoms with Gasteiger partial charge in [0.15, 0.2) is 0 Å². The molecule has 5 heteroatoms. The summed E-state index contributed by atoms with van der Waals surface area (Å²) in [5.41, 5.74) is 3.65. The van der Waals surface area contributed by atoms with E-state index in [4.69, 9.17) is 0 Å². The second-order valence-electron chi connectivity index (χ2n) is 5.79. The van der Waals surface area contributed by atoms with Crippen LogP contribution < -0.4 is 10.3 Å². The summed E-state index contributed by atoms with van der Waals surface area (Å²) in [5, 5.41) is 7.40. The topological polar surface area (TPSA) is 35.6 Å². The van der Waals surface area contributed by atoms with Gasteiger partial charge in [-0.1, -0.05) is 36.4 Å². The first-order chi connectivity index (χ1) is 11.8. The number of anilines is 2. The van der Waals surface area contributed by atoms with Crippen molar-refractivity contribution < 1.29 is 4.79 Å². The lowest BCUT2D eigenvalue weighted by Crippen LogP contribution is -2.44. The second kappa shape index (κ2) is 6.71. The van der Waals surface area contributed by atoms with Gasteiger partial charge >= 0.3 is 0 Å². The van der Waals surface area contributed by atoms with Crippen LogP contribution in [0.3, 0.4) is 0 Å². The van der Waals surface area contributed by atoms with Crippen molar-refractivity contribution in [1.82, 2.24) is 5.01 Å². The number of fused-ring (bicyclic) bond motifs is 1. The lowest BCUT2D eigenvalue weighted by molar-refractivity contribution is -0.110. The van der Waals surface area contributed by atoms with Crippen molar-refractivity contribution in [3.05, 3.63) is 66.4 Å². The normalized spacial score (nSPS) is 19.2. The Hall–Kier alpha value is -2.24. The molecule has 2 aliphatic heterocycles. The van der Waals surface area contributed by atoms with Crippen molar-refractivity contribution in [2.45, 2.75) is 0 Å². The first-order valence-corrected chi connectivity index (χ1v) is 9.28. The minimum absolute atomic E-state index is 0.0384. The molecule has 2 heterocycles. The number of rotatable bonds is 3. The molecule has 4 rings (SSSR count). The summed E-state index contributed by atoms with van der Waals surface area (Å²) in [7, 11) is 0. The smallest absolute Gasteiger partial charge is 0.257 e. The molecule has 0 aliphatic carbocycles. The molecule has 0 bridgehead atoms. The van der Waals surface area contributed by atoms with Gasteiger partial charge in [0.1, 0.15) is 0 Å². The van der Waals surface area contributed by atoms with Crippen molar-refractivity contribution in [3.8, 4) is 0 Å². The molecule has 1 saturated heterocycles. The van der Waals surface area contributed by atoms with Gasteiger partial charge in [-0.15, -0.1) is 0 Å². The fourth-order valence-corrected chi connectivity index (χ4v) is 3.94. The van der Waals surface area contributed by atoms with Gasteiger partial charge < -0.3 is 5.32 Å².